The number of aromatic amines is 1. The number of carbonyl (C=O) groups is 1. The lowest BCUT2D eigenvalue weighted by Crippen LogP contribution is -2.41. The third kappa shape index (κ3) is 2.91. The molecular formula is C16H23N5O. The average Bonchev–Trinajstić information content (AvgIpc) is 3.17. The van der Waals surface area contributed by atoms with Gasteiger partial charge in [0.1, 0.15) is 5.69 Å². The molecule has 1 atom stereocenters. The van der Waals surface area contributed by atoms with Crippen LogP contribution in [0, 0.1) is 0 Å². The first kappa shape index (κ1) is 14.8. The van der Waals surface area contributed by atoms with Gasteiger partial charge < -0.3 is 4.90 Å². The Balaban J connectivity index is 1.73. The summed E-state index contributed by atoms with van der Waals surface area (Å²) in [4.78, 5) is 14.6. The van der Waals surface area contributed by atoms with Crippen LogP contribution in [0.5, 0.6) is 0 Å². The number of H-pyrrole nitrogens is 1. The Hall–Kier alpha value is -2.11. The lowest BCUT2D eigenvalue weighted by molar-refractivity contribution is 0.0667. The molecule has 6 nitrogen and oxygen atoms in total. The second-order valence-corrected chi connectivity index (χ2v) is 6.95. The van der Waals surface area contributed by atoms with E-state index in [2.05, 4.69) is 36.1 Å². The molecule has 22 heavy (non-hydrogen) atoms. The standard InChI is InChI=1S/C16H23N5O/c1-16(2,3)14-10-13(18-19-14)15(22)20-8-4-6-12(11-20)21-9-5-7-17-21/h5,7,9-10,12H,4,6,8,11H2,1-3H3,(H,18,19). The van der Waals surface area contributed by atoms with Crippen LogP contribution in [-0.2, 0) is 5.41 Å². The number of nitrogens with one attached hydrogen (secondary N) is 1. The van der Waals surface area contributed by atoms with E-state index in [4.69, 9.17) is 0 Å². The molecule has 118 valence electrons. The van der Waals surface area contributed by atoms with Crippen LogP contribution in [0.15, 0.2) is 24.5 Å². The highest BCUT2D eigenvalue weighted by atomic mass is 16.2. The van der Waals surface area contributed by atoms with Gasteiger partial charge in [0, 0.05) is 36.6 Å². The summed E-state index contributed by atoms with van der Waals surface area (Å²) in [7, 11) is 0. The largest absolute Gasteiger partial charge is 0.335 e. The Labute approximate surface area is 130 Å². The van der Waals surface area contributed by atoms with Gasteiger partial charge in [0.2, 0.25) is 0 Å². The zero-order chi connectivity index (χ0) is 15.7. The Morgan fingerprint density at radius 1 is 1.41 bits per heavy atom. The molecule has 3 rings (SSSR count). The summed E-state index contributed by atoms with van der Waals surface area (Å²) >= 11 is 0. The van der Waals surface area contributed by atoms with Crippen LogP contribution in [0.1, 0.15) is 55.8 Å². The topological polar surface area (TPSA) is 66.8 Å². The Morgan fingerprint density at radius 3 is 2.86 bits per heavy atom. The summed E-state index contributed by atoms with van der Waals surface area (Å²) in [6.07, 6.45) is 5.79. The van der Waals surface area contributed by atoms with Crippen molar-refractivity contribution < 1.29 is 4.79 Å². The fourth-order valence-corrected chi connectivity index (χ4v) is 2.83. The highest BCUT2D eigenvalue weighted by Crippen LogP contribution is 2.24. The lowest BCUT2D eigenvalue weighted by atomic mass is 9.92. The number of likely N-dealkylation sites (tertiary alicyclic amines) is 1. The number of nitrogens with zero attached hydrogens (tertiary/aromatic N) is 4. The third-order valence-corrected chi connectivity index (χ3v) is 4.19. The molecule has 1 unspecified atom stereocenters. The number of hydrogen-bond acceptors (Lipinski definition) is 3. The van der Waals surface area contributed by atoms with Gasteiger partial charge in [-0.15, -0.1) is 0 Å². The minimum absolute atomic E-state index is 0.00334. The number of aromatic nitrogens is 4. The van der Waals surface area contributed by atoms with E-state index >= 15 is 0 Å². The third-order valence-electron chi connectivity index (χ3n) is 4.19. The summed E-state index contributed by atoms with van der Waals surface area (Å²) in [5, 5.41) is 11.5. The normalized spacial score (nSPS) is 19.4. The Bertz CT molecular complexity index is 638. The van der Waals surface area contributed by atoms with E-state index in [1.807, 2.05) is 27.9 Å². The van der Waals surface area contributed by atoms with Crippen LogP contribution in [0.3, 0.4) is 0 Å². The summed E-state index contributed by atoms with van der Waals surface area (Å²) in [6.45, 7) is 7.78. The number of amides is 1. The van der Waals surface area contributed by atoms with E-state index in [0.29, 0.717) is 12.2 Å². The zero-order valence-corrected chi connectivity index (χ0v) is 13.4. The molecule has 1 N–H and O–H groups in total. The quantitative estimate of drug-likeness (QED) is 0.926. The second kappa shape index (κ2) is 5.59. The van der Waals surface area contributed by atoms with Gasteiger partial charge in [0.15, 0.2) is 0 Å². The Kier molecular flexibility index (Phi) is 3.76. The van der Waals surface area contributed by atoms with Crippen LogP contribution in [0.2, 0.25) is 0 Å². The SMILES string of the molecule is CC(C)(C)c1cc(C(=O)N2CCCC(n3cccn3)C2)n[nH]1. The van der Waals surface area contributed by atoms with Crippen molar-refractivity contribution in [1.82, 2.24) is 24.9 Å². The maximum Gasteiger partial charge on any atom is 0.274 e. The maximum absolute atomic E-state index is 12.7. The van der Waals surface area contributed by atoms with E-state index in [-0.39, 0.29) is 17.4 Å². The van der Waals surface area contributed by atoms with Crippen molar-refractivity contribution in [2.24, 2.45) is 0 Å². The number of carbonyl (C=O) groups excluding carboxylic acids is 1. The van der Waals surface area contributed by atoms with Gasteiger partial charge in [-0.25, -0.2) is 0 Å². The van der Waals surface area contributed by atoms with Crippen molar-refractivity contribution in [3.63, 3.8) is 0 Å². The maximum atomic E-state index is 12.7. The van der Waals surface area contributed by atoms with Gasteiger partial charge in [0.25, 0.3) is 5.91 Å². The molecule has 0 spiro atoms. The molecule has 0 saturated carbocycles. The van der Waals surface area contributed by atoms with Crippen LogP contribution in [0.4, 0.5) is 0 Å². The van der Waals surface area contributed by atoms with Crippen molar-refractivity contribution in [2.45, 2.75) is 45.1 Å². The minimum atomic E-state index is -0.0367. The van der Waals surface area contributed by atoms with Crippen molar-refractivity contribution in [3.8, 4) is 0 Å². The number of rotatable bonds is 2. The molecule has 2 aromatic heterocycles. The lowest BCUT2D eigenvalue weighted by Gasteiger charge is -2.32. The first-order valence-electron chi connectivity index (χ1n) is 7.79. The van der Waals surface area contributed by atoms with Crippen molar-refractivity contribution >= 4 is 5.91 Å². The fraction of sp³-hybridized carbons (Fsp3) is 0.562. The van der Waals surface area contributed by atoms with Gasteiger partial charge in [-0.05, 0) is 25.0 Å². The summed E-state index contributed by atoms with van der Waals surface area (Å²) in [5.74, 6) is 0.00334. The molecule has 1 amide bonds. The van der Waals surface area contributed by atoms with Gasteiger partial charge in [-0.3, -0.25) is 14.6 Å². The number of piperidine rings is 1. The van der Waals surface area contributed by atoms with Crippen LogP contribution in [-0.4, -0.2) is 43.9 Å². The van der Waals surface area contributed by atoms with Gasteiger partial charge in [0.05, 0.1) is 6.04 Å². The smallest absolute Gasteiger partial charge is 0.274 e. The molecule has 0 radical (unpaired) electrons. The first-order chi connectivity index (χ1) is 10.4. The van der Waals surface area contributed by atoms with E-state index in [9.17, 15) is 4.79 Å². The minimum Gasteiger partial charge on any atom is -0.335 e. The second-order valence-electron chi connectivity index (χ2n) is 6.95. The highest BCUT2D eigenvalue weighted by Gasteiger charge is 2.28. The molecule has 0 aliphatic carbocycles. The molecule has 1 fully saturated rings. The number of hydrogen-bond donors (Lipinski definition) is 1. The molecule has 6 heteroatoms. The van der Waals surface area contributed by atoms with Gasteiger partial charge >= 0.3 is 0 Å². The van der Waals surface area contributed by atoms with Crippen molar-refractivity contribution in [3.05, 3.63) is 35.9 Å². The molecule has 0 aromatic carbocycles. The summed E-state index contributed by atoms with van der Waals surface area (Å²) < 4.78 is 1.95. The summed E-state index contributed by atoms with van der Waals surface area (Å²) in [6, 6.07) is 4.05. The predicted molar refractivity (Wildman–Crippen MR) is 83.7 cm³/mol. The molecule has 3 heterocycles. The van der Waals surface area contributed by atoms with E-state index in [1.54, 1.807) is 6.20 Å². The van der Waals surface area contributed by atoms with E-state index in [0.717, 1.165) is 25.1 Å². The monoisotopic (exact) mass is 301 g/mol. The van der Waals surface area contributed by atoms with Gasteiger partial charge in [-0.2, -0.15) is 10.2 Å². The van der Waals surface area contributed by atoms with E-state index in [1.165, 1.54) is 0 Å². The Morgan fingerprint density at radius 2 is 2.23 bits per heavy atom. The first-order valence-corrected chi connectivity index (χ1v) is 7.79. The molecule has 1 saturated heterocycles. The average molecular weight is 301 g/mol. The predicted octanol–water partition coefficient (Wildman–Crippen LogP) is 2.38. The molecular weight excluding hydrogens is 278 g/mol. The van der Waals surface area contributed by atoms with Crippen LogP contribution >= 0.6 is 0 Å². The van der Waals surface area contributed by atoms with E-state index < -0.39 is 0 Å². The summed E-state index contributed by atoms with van der Waals surface area (Å²) in [5.41, 5.74) is 1.45. The molecule has 1 aliphatic rings. The molecule has 2 aromatic rings. The highest BCUT2D eigenvalue weighted by molar-refractivity contribution is 5.92. The fourth-order valence-electron chi connectivity index (χ4n) is 2.83. The van der Waals surface area contributed by atoms with Crippen LogP contribution in [0.25, 0.3) is 0 Å². The molecule has 0 bridgehead atoms. The zero-order valence-electron chi connectivity index (χ0n) is 13.4. The van der Waals surface area contributed by atoms with Gasteiger partial charge in [-0.1, -0.05) is 20.8 Å². The van der Waals surface area contributed by atoms with Crippen molar-refractivity contribution in [2.75, 3.05) is 13.1 Å². The van der Waals surface area contributed by atoms with Crippen molar-refractivity contribution in [1.29, 1.82) is 0 Å². The molecule has 1 aliphatic heterocycles. The van der Waals surface area contributed by atoms with Crippen LogP contribution < -0.4 is 0 Å².